The first-order valence-electron chi connectivity index (χ1n) is 10.7. The molecule has 0 spiro atoms. The molecular weight excluding hydrogens is 443 g/mol. The van der Waals surface area contributed by atoms with Crippen molar-refractivity contribution in [3.8, 4) is 0 Å². The first-order valence-corrected chi connectivity index (χ1v) is 10.7. The van der Waals surface area contributed by atoms with Gasteiger partial charge in [0.15, 0.2) is 0 Å². The summed E-state index contributed by atoms with van der Waals surface area (Å²) in [6.45, 7) is 4.44. The summed E-state index contributed by atoms with van der Waals surface area (Å²) in [4.78, 5) is 27.1. The molecule has 0 aliphatic heterocycles. The minimum atomic E-state index is -0.841. The van der Waals surface area contributed by atoms with Crippen molar-refractivity contribution in [3.63, 3.8) is 0 Å². The molecule has 0 aromatic heterocycles. The van der Waals surface area contributed by atoms with Crippen LogP contribution in [0.1, 0.15) is 40.1 Å². The minimum Gasteiger partial charge on any atom is -0.334 e. The van der Waals surface area contributed by atoms with Crippen LogP contribution < -0.4 is 11.1 Å². The summed E-state index contributed by atoms with van der Waals surface area (Å²) in [6.07, 6.45) is 0. The maximum Gasteiger partial charge on any atom is 0.255 e. The van der Waals surface area contributed by atoms with Crippen molar-refractivity contribution >= 4 is 17.5 Å². The monoisotopic (exact) mass is 469 g/mol. The van der Waals surface area contributed by atoms with E-state index in [-0.39, 0.29) is 18.7 Å². The summed E-state index contributed by atoms with van der Waals surface area (Å²) < 4.78 is 40.6. The van der Waals surface area contributed by atoms with E-state index in [2.05, 4.69) is 5.32 Å². The standard InChI is InChI=1S/C26H26F3N3O2/c1-26(2,15-30)16-32(25(34)19-11-21(28)13-22(29)12-19)14-17-4-3-5-23(10-17)31-24(33)18-6-8-20(27)9-7-18/h3-13H,14-16,30H2,1-2H3,(H,31,33). The SMILES string of the molecule is CC(C)(CN)CN(Cc1cccc(NC(=O)c2ccc(F)cc2)c1)C(=O)c1cc(F)cc(F)c1. The molecule has 0 saturated carbocycles. The second kappa shape index (κ2) is 10.5. The third-order valence-corrected chi connectivity index (χ3v) is 5.23. The zero-order valence-electron chi connectivity index (χ0n) is 18.9. The third kappa shape index (κ3) is 6.68. The van der Waals surface area contributed by atoms with Crippen LogP contribution >= 0.6 is 0 Å². The number of carbonyl (C=O) groups excluding carboxylic acids is 2. The Bertz CT molecular complexity index is 1160. The smallest absolute Gasteiger partial charge is 0.255 e. The minimum absolute atomic E-state index is 0.105. The summed E-state index contributed by atoms with van der Waals surface area (Å²) in [5, 5.41) is 2.74. The van der Waals surface area contributed by atoms with Crippen LogP contribution in [0.4, 0.5) is 18.9 Å². The Balaban J connectivity index is 1.83. The van der Waals surface area contributed by atoms with E-state index in [1.54, 1.807) is 24.3 Å². The van der Waals surface area contributed by atoms with Gasteiger partial charge >= 0.3 is 0 Å². The van der Waals surface area contributed by atoms with Gasteiger partial charge in [0, 0.05) is 36.0 Å². The molecule has 34 heavy (non-hydrogen) atoms. The molecule has 3 rings (SSSR count). The van der Waals surface area contributed by atoms with Crippen LogP contribution in [0.3, 0.4) is 0 Å². The number of carbonyl (C=O) groups is 2. The van der Waals surface area contributed by atoms with E-state index in [0.717, 1.165) is 12.1 Å². The number of hydrogen-bond acceptors (Lipinski definition) is 3. The summed E-state index contributed by atoms with van der Waals surface area (Å²) in [7, 11) is 0. The zero-order chi connectivity index (χ0) is 24.9. The second-order valence-electron chi connectivity index (χ2n) is 8.85. The molecule has 0 aliphatic carbocycles. The van der Waals surface area contributed by atoms with Gasteiger partial charge < -0.3 is 16.0 Å². The normalized spacial score (nSPS) is 11.2. The molecule has 0 atom stereocenters. The summed E-state index contributed by atoms with van der Waals surface area (Å²) >= 11 is 0. The Morgan fingerprint density at radius 3 is 2.15 bits per heavy atom. The van der Waals surface area contributed by atoms with Crippen molar-refractivity contribution < 1.29 is 22.8 Å². The van der Waals surface area contributed by atoms with Crippen LogP contribution in [0.2, 0.25) is 0 Å². The molecule has 0 bridgehead atoms. The summed E-state index contributed by atoms with van der Waals surface area (Å²) in [5.41, 5.74) is 6.76. The van der Waals surface area contributed by atoms with Crippen LogP contribution in [-0.2, 0) is 6.54 Å². The maximum atomic E-state index is 13.7. The summed E-state index contributed by atoms with van der Waals surface area (Å²) in [6, 6.07) is 14.7. The Labute approximate surface area is 196 Å². The van der Waals surface area contributed by atoms with Gasteiger partial charge in [-0.05, 0) is 66.1 Å². The van der Waals surface area contributed by atoms with Gasteiger partial charge in [-0.3, -0.25) is 9.59 Å². The largest absolute Gasteiger partial charge is 0.334 e. The fraction of sp³-hybridized carbons (Fsp3) is 0.231. The fourth-order valence-corrected chi connectivity index (χ4v) is 3.41. The predicted octanol–water partition coefficient (Wildman–Crippen LogP) is 4.98. The maximum absolute atomic E-state index is 13.7. The van der Waals surface area contributed by atoms with Gasteiger partial charge in [-0.15, -0.1) is 0 Å². The van der Waals surface area contributed by atoms with E-state index in [0.29, 0.717) is 29.4 Å². The number of nitrogens with two attached hydrogens (primary N) is 1. The second-order valence-corrected chi connectivity index (χ2v) is 8.85. The van der Waals surface area contributed by atoms with Gasteiger partial charge in [-0.2, -0.15) is 0 Å². The van der Waals surface area contributed by atoms with Crippen molar-refractivity contribution in [2.45, 2.75) is 20.4 Å². The van der Waals surface area contributed by atoms with Crippen LogP contribution in [0.5, 0.6) is 0 Å². The molecule has 0 saturated heterocycles. The number of anilines is 1. The molecule has 3 aromatic rings. The third-order valence-electron chi connectivity index (χ3n) is 5.23. The number of benzene rings is 3. The Kier molecular flexibility index (Phi) is 7.73. The zero-order valence-corrected chi connectivity index (χ0v) is 18.9. The van der Waals surface area contributed by atoms with Crippen LogP contribution in [0, 0.1) is 22.9 Å². The van der Waals surface area contributed by atoms with Crippen molar-refractivity contribution in [1.82, 2.24) is 4.90 Å². The lowest BCUT2D eigenvalue weighted by atomic mass is 9.92. The number of hydrogen-bond donors (Lipinski definition) is 2. The number of halogens is 3. The highest BCUT2D eigenvalue weighted by Gasteiger charge is 2.25. The molecule has 3 aromatic carbocycles. The molecule has 0 radical (unpaired) electrons. The first-order chi connectivity index (χ1) is 16.1. The van der Waals surface area contributed by atoms with Crippen molar-refractivity contribution in [2.75, 3.05) is 18.4 Å². The molecule has 0 heterocycles. The molecule has 178 valence electrons. The van der Waals surface area contributed by atoms with E-state index in [4.69, 9.17) is 5.73 Å². The van der Waals surface area contributed by atoms with Gasteiger partial charge in [-0.25, -0.2) is 13.2 Å². The van der Waals surface area contributed by atoms with Crippen molar-refractivity contribution in [2.24, 2.45) is 11.1 Å². The molecule has 0 unspecified atom stereocenters. The Morgan fingerprint density at radius 1 is 0.882 bits per heavy atom. The van der Waals surface area contributed by atoms with E-state index in [1.807, 2.05) is 13.8 Å². The van der Waals surface area contributed by atoms with E-state index < -0.39 is 34.7 Å². The van der Waals surface area contributed by atoms with Gasteiger partial charge in [0.05, 0.1) is 0 Å². The van der Waals surface area contributed by atoms with Crippen LogP contribution in [0.15, 0.2) is 66.7 Å². The molecular formula is C26H26F3N3O2. The first kappa shape index (κ1) is 25.0. The van der Waals surface area contributed by atoms with Crippen LogP contribution in [-0.4, -0.2) is 29.8 Å². The molecule has 8 heteroatoms. The molecule has 0 aliphatic rings. The van der Waals surface area contributed by atoms with E-state index in [1.165, 1.54) is 29.2 Å². The lowest BCUT2D eigenvalue weighted by Gasteiger charge is -2.32. The quantitative estimate of drug-likeness (QED) is 0.488. The van der Waals surface area contributed by atoms with E-state index in [9.17, 15) is 22.8 Å². The molecule has 0 fully saturated rings. The van der Waals surface area contributed by atoms with Gasteiger partial charge in [0.2, 0.25) is 0 Å². The average molecular weight is 470 g/mol. The topological polar surface area (TPSA) is 75.4 Å². The number of nitrogens with zero attached hydrogens (tertiary/aromatic N) is 1. The van der Waals surface area contributed by atoms with Crippen LogP contribution in [0.25, 0.3) is 0 Å². The highest BCUT2D eigenvalue weighted by molar-refractivity contribution is 6.04. The van der Waals surface area contributed by atoms with E-state index >= 15 is 0 Å². The van der Waals surface area contributed by atoms with Crippen molar-refractivity contribution in [1.29, 1.82) is 0 Å². The van der Waals surface area contributed by atoms with Gasteiger partial charge in [0.25, 0.3) is 11.8 Å². The highest BCUT2D eigenvalue weighted by atomic mass is 19.1. The number of rotatable bonds is 8. The molecule has 2 amide bonds. The van der Waals surface area contributed by atoms with Gasteiger partial charge in [0.1, 0.15) is 17.5 Å². The molecule has 5 nitrogen and oxygen atoms in total. The number of nitrogens with one attached hydrogen (secondary N) is 1. The number of amides is 2. The fourth-order valence-electron chi connectivity index (χ4n) is 3.41. The average Bonchev–Trinajstić information content (AvgIpc) is 2.78. The Hall–Kier alpha value is -3.65. The summed E-state index contributed by atoms with van der Waals surface area (Å²) in [5.74, 6) is -3.08. The molecule has 3 N–H and O–H groups in total. The van der Waals surface area contributed by atoms with Gasteiger partial charge in [-0.1, -0.05) is 26.0 Å². The lowest BCUT2D eigenvalue weighted by molar-refractivity contribution is 0.0672. The Morgan fingerprint density at radius 2 is 1.53 bits per heavy atom. The predicted molar refractivity (Wildman–Crippen MR) is 125 cm³/mol. The lowest BCUT2D eigenvalue weighted by Crippen LogP contribution is -2.41. The highest BCUT2D eigenvalue weighted by Crippen LogP contribution is 2.22. The van der Waals surface area contributed by atoms with Crippen molar-refractivity contribution in [3.05, 3.63) is 101 Å².